The number of aliphatic hydroxyl groups is 1. The van der Waals surface area contributed by atoms with Gasteiger partial charge in [-0.2, -0.15) is 11.3 Å². The van der Waals surface area contributed by atoms with Gasteiger partial charge < -0.3 is 15.7 Å². The molecule has 0 aliphatic rings. The number of aliphatic imine (C=N–C) groups is 1. The van der Waals surface area contributed by atoms with Crippen molar-refractivity contribution in [1.29, 1.82) is 0 Å². The van der Waals surface area contributed by atoms with Crippen LogP contribution in [-0.2, 0) is 5.60 Å². The molecule has 0 aliphatic heterocycles. The van der Waals surface area contributed by atoms with E-state index in [2.05, 4.69) is 20.6 Å². The van der Waals surface area contributed by atoms with Crippen LogP contribution in [0.1, 0.15) is 25.8 Å². The second-order valence-corrected chi connectivity index (χ2v) is 8.42. The topological polar surface area (TPSA) is 69.5 Å². The summed E-state index contributed by atoms with van der Waals surface area (Å²) in [5.41, 5.74) is -0.0322. The molecule has 5 nitrogen and oxygen atoms in total. The third-order valence-corrected chi connectivity index (χ3v) is 6.02. The zero-order valence-corrected chi connectivity index (χ0v) is 16.4. The number of thioether (sulfide) groups is 1. The lowest BCUT2D eigenvalue weighted by Gasteiger charge is -2.21. The summed E-state index contributed by atoms with van der Waals surface area (Å²) < 4.78 is 1.11. The van der Waals surface area contributed by atoms with Crippen molar-refractivity contribution in [2.75, 3.05) is 25.4 Å². The molecule has 8 heteroatoms. The zero-order valence-electron chi connectivity index (χ0n) is 14.0. The number of aromatic nitrogens is 1. The first-order valence-electron chi connectivity index (χ1n) is 7.91. The van der Waals surface area contributed by atoms with Crippen LogP contribution < -0.4 is 10.6 Å². The lowest BCUT2D eigenvalue weighted by atomic mass is 10.00. The minimum Gasteiger partial charge on any atom is -0.383 e. The summed E-state index contributed by atoms with van der Waals surface area (Å²) in [6.07, 6.45) is 2.86. The van der Waals surface area contributed by atoms with Crippen LogP contribution >= 0.6 is 34.4 Å². The van der Waals surface area contributed by atoms with Gasteiger partial charge in [0.1, 0.15) is 9.94 Å². The normalized spacial score (nSPS) is 14.4. The highest BCUT2D eigenvalue weighted by Gasteiger charge is 2.23. The average Bonchev–Trinajstić information content (AvgIpc) is 3.25. The molecule has 0 radical (unpaired) electrons. The third kappa shape index (κ3) is 6.43. The maximum absolute atomic E-state index is 10.5. The van der Waals surface area contributed by atoms with Crippen LogP contribution in [0.3, 0.4) is 0 Å². The van der Waals surface area contributed by atoms with Gasteiger partial charge in [0, 0.05) is 30.4 Å². The smallest absolute Gasteiger partial charge is 0.191 e. The molecule has 0 saturated carbocycles. The van der Waals surface area contributed by atoms with E-state index in [1.54, 1.807) is 41.4 Å². The largest absolute Gasteiger partial charge is 0.383 e. The number of thiazole rings is 1. The summed E-state index contributed by atoms with van der Waals surface area (Å²) in [4.78, 5) is 8.78. The number of hydrogen-bond acceptors (Lipinski definition) is 6. The monoisotopic (exact) mass is 384 g/mol. The van der Waals surface area contributed by atoms with Crippen LogP contribution in [0.25, 0.3) is 0 Å². The molecule has 1 unspecified atom stereocenters. The molecule has 2 aromatic heterocycles. The number of rotatable bonds is 9. The Morgan fingerprint density at radius 3 is 2.96 bits per heavy atom. The Bertz CT molecular complexity index is 597. The SMILES string of the molecule is CCNC(=NCC(C)(O)c1ccsc1)NCCCSc1nccs1. The first-order valence-corrected chi connectivity index (χ1v) is 10.7. The zero-order chi connectivity index (χ0) is 17.3. The third-order valence-electron chi connectivity index (χ3n) is 3.28. The molecule has 0 spiro atoms. The minimum absolute atomic E-state index is 0.326. The van der Waals surface area contributed by atoms with Gasteiger partial charge in [0.15, 0.2) is 5.96 Å². The quantitative estimate of drug-likeness (QED) is 0.268. The summed E-state index contributed by atoms with van der Waals surface area (Å²) in [6, 6.07) is 1.94. The van der Waals surface area contributed by atoms with E-state index in [0.29, 0.717) is 6.54 Å². The Labute approximate surface area is 155 Å². The Kier molecular flexibility index (Phi) is 8.04. The number of hydrogen-bond donors (Lipinski definition) is 3. The van der Waals surface area contributed by atoms with E-state index in [-0.39, 0.29) is 0 Å². The summed E-state index contributed by atoms with van der Waals surface area (Å²) in [5, 5.41) is 23.0. The molecule has 0 bridgehead atoms. The molecule has 2 heterocycles. The van der Waals surface area contributed by atoms with Crippen LogP contribution in [-0.4, -0.2) is 41.4 Å². The van der Waals surface area contributed by atoms with Crippen LogP contribution in [0.15, 0.2) is 37.7 Å². The van der Waals surface area contributed by atoms with E-state index >= 15 is 0 Å². The first kappa shape index (κ1) is 19.2. The molecule has 0 fully saturated rings. The fourth-order valence-corrected chi connectivity index (χ4v) is 4.39. The first-order chi connectivity index (χ1) is 11.6. The summed E-state index contributed by atoms with van der Waals surface area (Å²) >= 11 is 5.03. The van der Waals surface area contributed by atoms with Gasteiger partial charge in [0.25, 0.3) is 0 Å². The average molecular weight is 385 g/mol. The second kappa shape index (κ2) is 10.0. The molecular weight excluding hydrogens is 360 g/mol. The van der Waals surface area contributed by atoms with Crippen LogP contribution in [0.4, 0.5) is 0 Å². The predicted octanol–water partition coefficient (Wildman–Crippen LogP) is 3.15. The van der Waals surface area contributed by atoms with Crippen molar-refractivity contribution >= 4 is 40.4 Å². The Hall–Kier alpha value is -1.09. The van der Waals surface area contributed by atoms with E-state index in [1.807, 2.05) is 35.3 Å². The van der Waals surface area contributed by atoms with E-state index < -0.39 is 5.60 Å². The van der Waals surface area contributed by atoms with Gasteiger partial charge in [-0.25, -0.2) is 9.98 Å². The van der Waals surface area contributed by atoms with Crippen molar-refractivity contribution in [2.24, 2.45) is 4.99 Å². The van der Waals surface area contributed by atoms with E-state index in [1.165, 1.54) is 0 Å². The standard InChI is InChI=1S/C16H24N4OS3/c1-3-17-14(18-6-4-8-23-15-19-7-10-24-15)20-12-16(2,21)13-5-9-22-11-13/h5,7,9-11,21H,3-4,6,8,12H2,1-2H3,(H2,17,18,20). The lowest BCUT2D eigenvalue weighted by Crippen LogP contribution is -2.39. The summed E-state index contributed by atoms with van der Waals surface area (Å²) in [7, 11) is 0. The van der Waals surface area contributed by atoms with Gasteiger partial charge in [-0.3, -0.25) is 0 Å². The highest BCUT2D eigenvalue weighted by atomic mass is 32.2. The fourth-order valence-electron chi connectivity index (χ4n) is 1.96. The maximum atomic E-state index is 10.5. The van der Waals surface area contributed by atoms with E-state index in [4.69, 9.17) is 0 Å². The molecule has 2 aromatic rings. The van der Waals surface area contributed by atoms with Crippen molar-refractivity contribution in [3.63, 3.8) is 0 Å². The van der Waals surface area contributed by atoms with Crippen molar-refractivity contribution in [3.05, 3.63) is 34.0 Å². The van der Waals surface area contributed by atoms with Gasteiger partial charge in [-0.15, -0.1) is 11.3 Å². The van der Waals surface area contributed by atoms with Crippen molar-refractivity contribution in [1.82, 2.24) is 15.6 Å². The van der Waals surface area contributed by atoms with Crippen molar-refractivity contribution in [3.8, 4) is 0 Å². The molecule has 0 aliphatic carbocycles. The van der Waals surface area contributed by atoms with E-state index in [9.17, 15) is 5.11 Å². The lowest BCUT2D eigenvalue weighted by molar-refractivity contribution is 0.0677. The highest BCUT2D eigenvalue weighted by molar-refractivity contribution is 8.00. The van der Waals surface area contributed by atoms with Gasteiger partial charge >= 0.3 is 0 Å². The Morgan fingerprint density at radius 2 is 2.29 bits per heavy atom. The Morgan fingerprint density at radius 1 is 1.42 bits per heavy atom. The molecule has 2 rings (SSSR count). The minimum atomic E-state index is -0.941. The predicted molar refractivity (Wildman–Crippen MR) is 105 cm³/mol. The molecule has 0 amide bonds. The maximum Gasteiger partial charge on any atom is 0.191 e. The van der Waals surface area contributed by atoms with Crippen LogP contribution in [0.2, 0.25) is 0 Å². The number of guanidine groups is 1. The molecule has 132 valence electrons. The van der Waals surface area contributed by atoms with E-state index in [0.717, 1.165) is 41.1 Å². The second-order valence-electron chi connectivity index (χ2n) is 5.41. The van der Waals surface area contributed by atoms with Gasteiger partial charge in [0.05, 0.1) is 6.54 Å². The van der Waals surface area contributed by atoms with Crippen molar-refractivity contribution < 1.29 is 5.11 Å². The molecule has 3 N–H and O–H groups in total. The Balaban J connectivity index is 1.75. The molecular formula is C16H24N4OS3. The molecule has 0 saturated heterocycles. The van der Waals surface area contributed by atoms with Crippen LogP contribution in [0, 0.1) is 0 Å². The highest BCUT2D eigenvalue weighted by Crippen LogP contribution is 2.23. The summed E-state index contributed by atoms with van der Waals surface area (Å²) in [5.74, 6) is 1.76. The number of nitrogens with one attached hydrogen (secondary N) is 2. The van der Waals surface area contributed by atoms with Gasteiger partial charge in [0.2, 0.25) is 0 Å². The summed E-state index contributed by atoms with van der Waals surface area (Å²) in [6.45, 7) is 5.79. The molecule has 24 heavy (non-hydrogen) atoms. The number of nitrogens with zero attached hydrogens (tertiary/aromatic N) is 2. The van der Waals surface area contributed by atoms with Gasteiger partial charge in [-0.05, 0) is 42.7 Å². The van der Waals surface area contributed by atoms with Gasteiger partial charge in [-0.1, -0.05) is 11.8 Å². The van der Waals surface area contributed by atoms with Crippen molar-refractivity contribution in [2.45, 2.75) is 30.2 Å². The van der Waals surface area contributed by atoms with Crippen LogP contribution in [0.5, 0.6) is 0 Å². The molecule has 0 aromatic carbocycles. The number of thiophene rings is 1. The molecule has 1 atom stereocenters. The fraction of sp³-hybridized carbons (Fsp3) is 0.500.